The molecule has 24 heavy (non-hydrogen) atoms. The summed E-state index contributed by atoms with van der Waals surface area (Å²) in [5.74, 6) is 1.71. The molecular formula is C18H18N4O2. The fourth-order valence-electron chi connectivity index (χ4n) is 3.36. The van der Waals surface area contributed by atoms with E-state index in [0.29, 0.717) is 10.9 Å². The van der Waals surface area contributed by atoms with Gasteiger partial charge < -0.3 is 14.6 Å². The van der Waals surface area contributed by atoms with Gasteiger partial charge in [-0.25, -0.2) is 9.97 Å². The minimum absolute atomic E-state index is 0.136. The lowest BCUT2D eigenvalue weighted by atomic mass is 10.0. The number of nitrogens with zero attached hydrogens (tertiary/aromatic N) is 3. The van der Waals surface area contributed by atoms with E-state index in [0.717, 1.165) is 37.5 Å². The van der Waals surface area contributed by atoms with Crippen molar-refractivity contribution in [3.05, 3.63) is 58.3 Å². The summed E-state index contributed by atoms with van der Waals surface area (Å²) in [5, 5.41) is 0.571. The van der Waals surface area contributed by atoms with Crippen LogP contribution in [0, 0.1) is 0 Å². The third-order valence-electron chi connectivity index (χ3n) is 4.57. The predicted molar refractivity (Wildman–Crippen MR) is 92.8 cm³/mol. The standard InChI is InChI=1S/C18H18N4O2/c1-24-15-4-2-3-12-6-9-22(10-7-13(12)15)17-16-14(5-8-19-17)18(23)21-11-20-16/h2-5,8,11H,6-7,9-10H2,1H3,(H,20,21,23). The van der Waals surface area contributed by atoms with Gasteiger partial charge in [0.15, 0.2) is 5.82 Å². The van der Waals surface area contributed by atoms with E-state index >= 15 is 0 Å². The number of anilines is 1. The molecule has 0 unspecified atom stereocenters. The van der Waals surface area contributed by atoms with Crippen LogP contribution in [0.15, 0.2) is 41.6 Å². The largest absolute Gasteiger partial charge is 0.496 e. The van der Waals surface area contributed by atoms with Gasteiger partial charge in [0.2, 0.25) is 0 Å². The molecule has 122 valence electrons. The molecule has 1 N–H and O–H groups in total. The Kier molecular flexibility index (Phi) is 3.65. The van der Waals surface area contributed by atoms with Crippen molar-refractivity contribution in [2.75, 3.05) is 25.1 Å². The molecule has 6 heteroatoms. The first kappa shape index (κ1) is 14.7. The average molecular weight is 322 g/mol. The number of H-pyrrole nitrogens is 1. The Morgan fingerprint density at radius 2 is 2.04 bits per heavy atom. The van der Waals surface area contributed by atoms with Gasteiger partial charge in [-0.2, -0.15) is 0 Å². The van der Waals surface area contributed by atoms with Crippen LogP contribution in [-0.2, 0) is 12.8 Å². The first-order valence-electron chi connectivity index (χ1n) is 8.00. The van der Waals surface area contributed by atoms with E-state index in [4.69, 9.17) is 4.74 Å². The van der Waals surface area contributed by atoms with Gasteiger partial charge in [0.1, 0.15) is 11.3 Å². The summed E-state index contributed by atoms with van der Waals surface area (Å²) in [4.78, 5) is 25.6. The van der Waals surface area contributed by atoms with E-state index in [1.54, 1.807) is 19.4 Å². The highest BCUT2D eigenvalue weighted by Crippen LogP contribution is 2.28. The Bertz CT molecular complexity index is 951. The van der Waals surface area contributed by atoms with Crippen LogP contribution in [0.25, 0.3) is 10.9 Å². The SMILES string of the molecule is COc1cccc2c1CCN(c1nccc3c(=O)[nH]cnc13)CC2. The Hall–Kier alpha value is -2.89. The van der Waals surface area contributed by atoms with Gasteiger partial charge in [0.05, 0.1) is 18.8 Å². The summed E-state index contributed by atoms with van der Waals surface area (Å²) in [5.41, 5.74) is 3.08. The topological polar surface area (TPSA) is 71.1 Å². The fourth-order valence-corrected chi connectivity index (χ4v) is 3.36. The Morgan fingerprint density at radius 3 is 2.92 bits per heavy atom. The van der Waals surface area contributed by atoms with Crippen LogP contribution in [0.1, 0.15) is 11.1 Å². The molecule has 3 heterocycles. The maximum absolute atomic E-state index is 12.0. The number of aromatic amines is 1. The molecule has 0 fully saturated rings. The highest BCUT2D eigenvalue weighted by molar-refractivity contribution is 5.87. The molecule has 0 radical (unpaired) electrons. The highest BCUT2D eigenvalue weighted by atomic mass is 16.5. The fraction of sp³-hybridized carbons (Fsp3) is 0.278. The van der Waals surface area contributed by atoms with E-state index in [2.05, 4.69) is 25.9 Å². The van der Waals surface area contributed by atoms with Crippen molar-refractivity contribution in [2.45, 2.75) is 12.8 Å². The Morgan fingerprint density at radius 1 is 1.17 bits per heavy atom. The second kappa shape index (κ2) is 5.96. The van der Waals surface area contributed by atoms with Gasteiger partial charge in [-0.3, -0.25) is 4.79 Å². The van der Waals surface area contributed by atoms with Crippen molar-refractivity contribution in [3.8, 4) is 5.75 Å². The maximum Gasteiger partial charge on any atom is 0.258 e. The zero-order chi connectivity index (χ0) is 16.5. The molecule has 0 bridgehead atoms. The van der Waals surface area contributed by atoms with Crippen molar-refractivity contribution >= 4 is 16.7 Å². The van der Waals surface area contributed by atoms with Crippen LogP contribution in [0.2, 0.25) is 0 Å². The summed E-state index contributed by atoms with van der Waals surface area (Å²) >= 11 is 0. The molecule has 1 aromatic carbocycles. The molecule has 1 aliphatic heterocycles. The van der Waals surface area contributed by atoms with Crippen molar-refractivity contribution < 1.29 is 4.74 Å². The van der Waals surface area contributed by atoms with Crippen molar-refractivity contribution in [1.82, 2.24) is 15.0 Å². The van der Waals surface area contributed by atoms with Gasteiger partial charge >= 0.3 is 0 Å². The zero-order valence-electron chi connectivity index (χ0n) is 13.5. The first-order chi connectivity index (χ1) is 11.8. The van der Waals surface area contributed by atoms with Gasteiger partial charge in [0, 0.05) is 19.3 Å². The molecule has 0 aliphatic carbocycles. The number of benzene rings is 1. The monoisotopic (exact) mass is 322 g/mol. The van der Waals surface area contributed by atoms with Gasteiger partial charge in [0.25, 0.3) is 5.56 Å². The number of hydrogen-bond donors (Lipinski definition) is 1. The Labute approximate surface area is 139 Å². The summed E-state index contributed by atoms with van der Waals surface area (Å²) < 4.78 is 5.50. The number of hydrogen-bond acceptors (Lipinski definition) is 5. The summed E-state index contributed by atoms with van der Waals surface area (Å²) in [7, 11) is 1.71. The van der Waals surface area contributed by atoms with Gasteiger partial charge in [-0.05, 0) is 36.1 Å². The van der Waals surface area contributed by atoms with Crippen molar-refractivity contribution in [1.29, 1.82) is 0 Å². The lowest BCUT2D eigenvalue weighted by Crippen LogP contribution is -2.27. The van der Waals surface area contributed by atoms with Crippen LogP contribution < -0.4 is 15.2 Å². The van der Waals surface area contributed by atoms with Crippen LogP contribution in [0.5, 0.6) is 5.75 Å². The van der Waals surface area contributed by atoms with Crippen LogP contribution in [0.3, 0.4) is 0 Å². The second-order valence-corrected chi connectivity index (χ2v) is 5.85. The van der Waals surface area contributed by atoms with E-state index < -0.39 is 0 Å². The maximum atomic E-state index is 12.0. The molecule has 0 atom stereocenters. The second-order valence-electron chi connectivity index (χ2n) is 5.85. The minimum atomic E-state index is -0.136. The number of methoxy groups -OCH3 is 1. The quantitative estimate of drug-likeness (QED) is 0.780. The third kappa shape index (κ3) is 2.40. The van der Waals surface area contributed by atoms with E-state index in [1.165, 1.54) is 17.5 Å². The predicted octanol–water partition coefficient (Wildman–Crippen LogP) is 1.93. The zero-order valence-corrected chi connectivity index (χ0v) is 13.5. The number of rotatable bonds is 2. The van der Waals surface area contributed by atoms with Crippen LogP contribution >= 0.6 is 0 Å². The number of aromatic nitrogens is 3. The molecule has 0 saturated carbocycles. The van der Waals surface area contributed by atoms with E-state index in [9.17, 15) is 4.79 Å². The molecule has 3 aromatic rings. The van der Waals surface area contributed by atoms with E-state index in [-0.39, 0.29) is 5.56 Å². The van der Waals surface area contributed by atoms with Gasteiger partial charge in [-0.1, -0.05) is 12.1 Å². The van der Waals surface area contributed by atoms with Crippen LogP contribution in [0.4, 0.5) is 5.82 Å². The minimum Gasteiger partial charge on any atom is -0.496 e. The smallest absolute Gasteiger partial charge is 0.258 e. The number of nitrogens with one attached hydrogen (secondary N) is 1. The Balaban J connectivity index is 1.73. The van der Waals surface area contributed by atoms with Crippen molar-refractivity contribution in [2.24, 2.45) is 0 Å². The first-order valence-corrected chi connectivity index (χ1v) is 8.00. The summed E-state index contributed by atoms with van der Waals surface area (Å²) in [6.45, 7) is 1.65. The average Bonchev–Trinajstić information content (AvgIpc) is 2.84. The van der Waals surface area contributed by atoms with Crippen molar-refractivity contribution in [3.63, 3.8) is 0 Å². The molecule has 1 aliphatic rings. The van der Waals surface area contributed by atoms with E-state index in [1.807, 2.05) is 12.1 Å². The summed E-state index contributed by atoms with van der Waals surface area (Å²) in [6.07, 6.45) is 4.90. The lowest BCUT2D eigenvalue weighted by Gasteiger charge is -2.22. The number of fused-ring (bicyclic) bond motifs is 2. The molecule has 6 nitrogen and oxygen atoms in total. The molecule has 4 rings (SSSR count). The lowest BCUT2D eigenvalue weighted by molar-refractivity contribution is 0.409. The number of pyridine rings is 1. The van der Waals surface area contributed by atoms with Gasteiger partial charge in [-0.15, -0.1) is 0 Å². The number of ether oxygens (including phenoxy) is 1. The molecule has 2 aromatic heterocycles. The molecule has 0 saturated heterocycles. The normalized spacial score (nSPS) is 14.3. The highest BCUT2D eigenvalue weighted by Gasteiger charge is 2.20. The molecule has 0 amide bonds. The van der Waals surface area contributed by atoms with Crippen LogP contribution in [-0.4, -0.2) is 35.2 Å². The third-order valence-corrected chi connectivity index (χ3v) is 4.57. The summed E-state index contributed by atoms with van der Waals surface area (Å²) in [6, 6.07) is 7.90. The molecule has 0 spiro atoms. The molecular weight excluding hydrogens is 304 g/mol.